The van der Waals surface area contributed by atoms with Crippen molar-refractivity contribution in [2.45, 2.75) is 0 Å². The number of hydrogen-bond donors (Lipinski definition) is 0. The first-order valence-electron chi connectivity index (χ1n) is 6.60. The summed E-state index contributed by atoms with van der Waals surface area (Å²) < 4.78 is 6.99. The van der Waals surface area contributed by atoms with E-state index in [1.165, 1.54) is 0 Å². The van der Waals surface area contributed by atoms with E-state index in [4.69, 9.17) is 16.0 Å². The molecule has 0 fully saturated rings. The Morgan fingerprint density at radius 1 is 0.857 bits per heavy atom. The Kier molecular flexibility index (Phi) is 3.02. The summed E-state index contributed by atoms with van der Waals surface area (Å²) in [5.41, 5.74) is 3.85. The molecule has 0 saturated carbocycles. The number of furan rings is 1. The first kappa shape index (κ1) is 12.9. The maximum absolute atomic E-state index is 6.22. The quantitative estimate of drug-likeness (QED) is 0.371. The van der Waals surface area contributed by atoms with Gasteiger partial charge in [0.1, 0.15) is 5.58 Å². The van der Waals surface area contributed by atoms with Gasteiger partial charge < -0.3 is 4.42 Å². The van der Waals surface area contributed by atoms with Crippen molar-refractivity contribution in [2.75, 3.05) is 0 Å². The standard InChI is InChI=1S/C18H10BrClO/c19-15-9-14-12-7-4-8-16(20)18(12)21-17(14)10-13(15)11-5-2-1-3-6-11/h1-10H. The van der Waals surface area contributed by atoms with Gasteiger partial charge in [0, 0.05) is 15.2 Å². The molecule has 0 spiro atoms. The van der Waals surface area contributed by atoms with Gasteiger partial charge >= 0.3 is 0 Å². The molecular formula is C18H10BrClO. The summed E-state index contributed by atoms with van der Waals surface area (Å²) in [6.07, 6.45) is 0. The van der Waals surface area contributed by atoms with E-state index >= 15 is 0 Å². The minimum atomic E-state index is 0.640. The molecule has 0 bridgehead atoms. The molecule has 1 nitrogen and oxygen atoms in total. The van der Waals surface area contributed by atoms with E-state index in [0.717, 1.165) is 37.5 Å². The highest BCUT2D eigenvalue weighted by atomic mass is 79.9. The molecule has 0 aliphatic rings. The Balaban J connectivity index is 2.07. The van der Waals surface area contributed by atoms with Crippen LogP contribution in [-0.2, 0) is 0 Å². The second kappa shape index (κ2) is 4.90. The second-order valence-corrected chi connectivity index (χ2v) is 6.17. The van der Waals surface area contributed by atoms with Crippen LogP contribution in [0.15, 0.2) is 69.6 Å². The van der Waals surface area contributed by atoms with E-state index in [1.54, 1.807) is 0 Å². The topological polar surface area (TPSA) is 13.1 Å². The molecule has 0 unspecified atom stereocenters. The molecule has 1 heterocycles. The molecule has 0 atom stereocenters. The van der Waals surface area contributed by atoms with E-state index in [9.17, 15) is 0 Å². The number of rotatable bonds is 1. The average molecular weight is 358 g/mol. The van der Waals surface area contributed by atoms with Crippen molar-refractivity contribution in [1.29, 1.82) is 0 Å². The Hall–Kier alpha value is -1.77. The Labute approximate surface area is 135 Å². The van der Waals surface area contributed by atoms with Crippen LogP contribution < -0.4 is 0 Å². The van der Waals surface area contributed by atoms with Gasteiger partial charge in [0.2, 0.25) is 0 Å². The zero-order valence-corrected chi connectivity index (χ0v) is 13.3. The smallest absolute Gasteiger partial charge is 0.153 e. The van der Waals surface area contributed by atoms with Crippen LogP contribution in [0.4, 0.5) is 0 Å². The zero-order chi connectivity index (χ0) is 14.4. The molecule has 0 N–H and O–H groups in total. The van der Waals surface area contributed by atoms with Crippen LogP contribution in [-0.4, -0.2) is 0 Å². The van der Waals surface area contributed by atoms with Gasteiger partial charge in [0.15, 0.2) is 5.58 Å². The Bertz CT molecular complexity index is 957. The zero-order valence-electron chi connectivity index (χ0n) is 10.9. The van der Waals surface area contributed by atoms with Gasteiger partial charge in [-0.25, -0.2) is 0 Å². The highest BCUT2D eigenvalue weighted by molar-refractivity contribution is 9.10. The molecule has 3 aromatic carbocycles. The van der Waals surface area contributed by atoms with Crippen molar-refractivity contribution < 1.29 is 4.42 Å². The van der Waals surface area contributed by atoms with Crippen LogP contribution in [0.25, 0.3) is 33.1 Å². The largest absolute Gasteiger partial charge is 0.454 e. The number of benzene rings is 3. The highest BCUT2D eigenvalue weighted by Gasteiger charge is 2.13. The van der Waals surface area contributed by atoms with E-state index in [-0.39, 0.29) is 0 Å². The Morgan fingerprint density at radius 2 is 1.67 bits per heavy atom. The van der Waals surface area contributed by atoms with Crippen molar-refractivity contribution >= 4 is 49.5 Å². The summed E-state index contributed by atoms with van der Waals surface area (Å²) in [4.78, 5) is 0. The van der Waals surface area contributed by atoms with Crippen LogP contribution in [0.3, 0.4) is 0 Å². The monoisotopic (exact) mass is 356 g/mol. The van der Waals surface area contributed by atoms with E-state index in [2.05, 4.69) is 40.2 Å². The molecule has 0 amide bonds. The maximum atomic E-state index is 6.22. The minimum absolute atomic E-state index is 0.640. The lowest BCUT2D eigenvalue weighted by molar-refractivity contribution is 0.669. The summed E-state index contributed by atoms with van der Waals surface area (Å²) in [7, 11) is 0. The van der Waals surface area contributed by atoms with Gasteiger partial charge in [-0.3, -0.25) is 0 Å². The molecule has 0 radical (unpaired) electrons. The van der Waals surface area contributed by atoms with Crippen LogP contribution >= 0.6 is 27.5 Å². The van der Waals surface area contributed by atoms with E-state index in [1.807, 2.05) is 36.4 Å². The van der Waals surface area contributed by atoms with E-state index < -0.39 is 0 Å². The molecule has 3 heteroatoms. The van der Waals surface area contributed by atoms with Crippen LogP contribution in [0.5, 0.6) is 0 Å². The lowest BCUT2D eigenvalue weighted by Crippen LogP contribution is -1.79. The third-order valence-electron chi connectivity index (χ3n) is 3.62. The van der Waals surface area contributed by atoms with Crippen LogP contribution in [0.1, 0.15) is 0 Å². The van der Waals surface area contributed by atoms with E-state index in [0.29, 0.717) is 5.02 Å². The summed E-state index contributed by atoms with van der Waals surface area (Å²) in [6.45, 7) is 0. The lowest BCUT2D eigenvalue weighted by atomic mass is 10.0. The normalized spacial score (nSPS) is 11.3. The lowest BCUT2D eigenvalue weighted by Gasteiger charge is -2.04. The molecule has 0 aliphatic heterocycles. The predicted octanol–water partition coefficient (Wildman–Crippen LogP) is 6.67. The second-order valence-electron chi connectivity index (χ2n) is 4.91. The van der Waals surface area contributed by atoms with Crippen molar-refractivity contribution in [3.8, 4) is 11.1 Å². The number of para-hydroxylation sites is 1. The van der Waals surface area contributed by atoms with Gasteiger partial charge in [-0.1, -0.05) is 70.0 Å². The molecule has 1 aromatic heterocycles. The molecule has 102 valence electrons. The van der Waals surface area contributed by atoms with Gasteiger partial charge in [0.25, 0.3) is 0 Å². The predicted molar refractivity (Wildman–Crippen MR) is 91.9 cm³/mol. The molecule has 21 heavy (non-hydrogen) atoms. The molecule has 4 aromatic rings. The molecule has 4 rings (SSSR count). The van der Waals surface area contributed by atoms with Crippen molar-refractivity contribution in [3.63, 3.8) is 0 Å². The van der Waals surface area contributed by atoms with Gasteiger partial charge in [0.05, 0.1) is 5.02 Å². The SMILES string of the molecule is Clc1cccc2c1oc1cc(-c3ccccc3)c(Br)cc12. The minimum Gasteiger partial charge on any atom is -0.454 e. The van der Waals surface area contributed by atoms with Gasteiger partial charge in [-0.05, 0) is 29.3 Å². The fourth-order valence-electron chi connectivity index (χ4n) is 2.62. The fourth-order valence-corrected chi connectivity index (χ4v) is 3.41. The average Bonchev–Trinajstić information content (AvgIpc) is 2.87. The molecule has 0 saturated heterocycles. The van der Waals surface area contributed by atoms with Gasteiger partial charge in [-0.2, -0.15) is 0 Å². The number of hydrogen-bond acceptors (Lipinski definition) is 1. The number of halogens is 2. The third-order valence-corrected chi connectivity index (χ3v) is 4.58. The highest BCUT2D eigenvalue weighted by Crippen LogP contribution is 2.38. The van der Waals surface area contributed by atoms with Gasteiger partial charge in [-0.15, -0.1) is 0 Å². The third kappa shape index (κ3) is 2.06. The van der Waals surface area contributed by atoms with Crippen LogP contribution in [0.2, 0.25) is 5.02 Å². The summed E-state index contributed by atoms with van der Waals surface area (Å²) in [5.74, 6) is 0. The summed E-state index contributed by atoms with van der Waals surface area (Å²) in [5, 5.41) is 2.75. The van der Waals surface area contributed by atoms with Crippen molar-refractivity contribution in [2.24, 2.45) is 0 Å². The maximum Gasteiger partial charge on any atom is 0.153 e. The molecule has 0 aliphatic carbocycles. The Morgan fingerprint density at radius 3 is 2.48 bits per heavy atom. The summed E-state index contributed by atoms with van der Waals surface area (Å²) in [6, 6.07) is 20.2. The van der Waals surface area contributed by atoms with Crippen LogP contribution in [0, 0.1) is 0 Å². The van der Waals surface area contributed by atoms with Crippen molar-refractivity contribution in [3.05, 3.63) is 70.2 Å². The number of fused-ring (bicyclic) bond motifs is 3. The first-order chi connectivity index (χ1) is 10.2. The first-order valence-corrected chi connectivity index (χ1v) is 7.77. The molecular weight excluding hydrogens is 348 g/mol. The fraction of sp³-hybridized carbons (Fsp3) is 0. The van der Waals surface area contributed by atoms with Crippen molar-refractivity contribution in [1.82, 2.24) is 0 Å². The summed E-state index contributed by atoms with van der Waals surface area (Å²) >= 11 is 9.89.